The summed E-state index contributed by atoms with van der Waals surface area (Å²) < 4.78 is 11.0. The number of carbonyl (C=O) groups is 1. The number of ether oxygens (including phenoxy) is 2. The SMILES string of the molecule is O=C(COc1ccccc1)O[C@@H]1C[NH+]2CCC1CC2. The van der Waals surface area contributed by atoms with Gasteiger partial charge < -0.3 is 14.4 Å². The van der Waals surface area contributed by atoms with Gasteiger partial charge in [-0.2, -0.15) is 0 Å². The molecule has 4 heteroatoms. The van der Waals surface area contributed by atoms with E-state index in [0.29, 0.717) is 11.7 Å². The smallest absolute Gasteiger partial charge is 0.344 e. The molecule has 0 saturated carbocycles. The van der Waals surface area contributed by atoms with Crippen LogP contribution in [0.4, 0.5) is 0 Å². The van der Waals surface area contributed by atoms with Gasteiger partial charge in [-0.05, 0) is 12.1 Å². The van der Waals surface area contributed by atoms with E-state index in [1.807, 2.05) is 30.3 Å². The molecule has 0 aromatic heterocycles. The quantitative estimate of drug-likeness (QED) is 0.793. The van der Waals surface area contributed by atoms with Crippen molar-refractivity contribution >= 4 is 5.97 Å². The van der Waals surface area contributed by atoms with Crippen LogP contribution in [0.2, 0.25) is 0 Å². The first kappa shape index (κ1) is 12.5. The molecule has 3 heterocycles. The largest absolute Gasteiger partial charge is 0.482 e. The number of rotatable bonds is 4. The van der Waals surface area contributed by atoms with E-state index in [4.69, 9.17) is 9.47 Å². The number of para-hydroxylation sites is 1. The molecule has 0 spiro atoms. The molecule has 0 unspecified atom stereocenters. The second kappa shape index (κ2) is 5.61. The van der Waals surface area contributed by atoms with Gasteiger partial charge in [0.2, 0.25) is 0 Å². The first-order chi connectivity index (χ1) is 9.31. The number of hydrogen-bond acceptors (Lipinski definition) is 3. The molecule has 1 aromatic carbocycles. The molecule has 4 nitrogen and oxygen atoms in total. The van der Waals surface area contributed by atoms with Gasteiger partial charge in [0, 0.05) is 18.8 Å². The van der Waals surface area contributed by atoms with Crippen molar-refractivity contribution in [3.05, 3.63) is 30.3 Å². The topological polar surface area (TPSA) is 40.0 Å². The number of nitrogens with one attached hydrogen (secondary N) is 1. The number of piperidine rings is 3. The van der Waals surface area contributed by atoms with E-state index in [0.717, 1.165) is 6.54 Å². The Morgan fingerprint density at radius 2 is 1.95 bits per heavy atom. The summed E-state index contributed by atoms with van der Waals surface area (Å²) in [6, 6.07) is 9.37. The van der Waals surface area contributed by atoms with E-state index >= 15 is 0 Å². The predicted octanol–water partition coefficient (Wildman–Crippen LogP) is 0.286. The fourth-order valence-corrected chi connectivity index (χ4v) is 3.08. The molecule has 0 amide bonds. The number of esters is 1. The monoisotopic (exact) mass is 262 g/mol. The van der Waals surface area contributed by atoms with Gasteiger partial charge in [0.25, 0.3) is 0 Å². The summed E-state index contributed by atoms with van der Waals surface area (Å²) in [5.41, 5.74) is 0. The summed E-state index contributed by atoms with van der Waals surface area (Å²) >= 11 is 0. The molecule has 3 aliphatic rings. The summed E-state index contributed by atoms with van der Waals surface area (Å²) in [5, 5.41) is 0. The van der Waals surface area contributed by atoms with Crippen molar-refractivity contribution in [1.82, 2.24) is 0 Å². The van der Waals surface area contributed by atoms with Gasteiger partial charge >= 0.3 is 5.97 Å². The van der Waals surface area contributed by atoms with Crippen LogP contribution in [0.5, 0.6) is 5.75 Å². The molecule has 3 saturated heterocycles. The summed E-state index contributed by atoms with van der Waals surface area (Å²) in [6.07, 6.45) is 2.48. The summed E-state index contributed by atoms with van der Waals surface area (Å²) in [4.78, 5) is 13.4. The fraction of sp³-hybridized carbons (Fsp3) is 0.533. The third kappa shape index (κ3) is 3.07. The van der Waals surface area contributed by atoms with Gasteiger partial charge in [-0.15, -0.1) is 0 Å². The molecular formula is C15H20NO3+. The molecule has 1 atom stereocenters. The van der Waals surface area contributed by atoms with Crippen LogP contribution < -0.4 is 9.64 Å². The van der Waals surface area contributed by atoms with E-state index in [-0.39, 0.29) is 18.7 Å². The van der Waals surface area contributed by atoms with Crippen molar-refractivity contribution in [2.75, 3.05) is 26.2 Å². The lowest BCUT2D eigenvalue weighted by atomic mass is 9.86. The van der Waals surface area contributed by atoms with E-state index < -0.39 is 0 Å². The lowest BCUT2D eigenvalue weighted by molar-refractivity contribution is -0.920. The highest BCUT2D eigenvalue weighted by molar-refractivity contribution is 5.71. The van der Waals surface area contributed by atoms with Crippen LogP contribution in [-0.4, -0.2) is 38.3 Å². The summed E-state index contributed by atoms with van der Waals surface area (Å²) in [7, 11) is 0. The average Bonchev–Trinajstić information content (AvgIpc) is 2.47. The van der Waals surface area contributed by atoms with E-state index in [9.17, 15) is 4.79 Å². The Morgan fingerprint density at radius 1 is 1.21 bits per heavy atom. The van der Waals surface area contributed by atoms with Crippen molar-refractivity contribution in [2.24, 2.45) is 5.92 Å². The van der Waals surface area contributed by atoms with Crippen LogP contribution >= 0.6 is 0 Å². The summed E-state index contributed by atoms with van der Waals surface area (Å²) in [6.45, 7) is 3.45. The molecule has 1 N–H and O–H groups in total. The zero-order valence-corrected chi connectivity index (χ0v) is 11.0. The van der Waals surface area contributed by atoms with E-state index in [1.54, 1.807) is 4.90 Å². The summed E-state index contributed by atoms with van der Waals surface area (Å²) in [5.74, 6) is 1.03. The Balaban J connectivity index is 1.46. The minimum atomic E-state index is -0.248. The Kier molecular flexibility index (Phi) is 3.69. The number of fused-ring (bicyclic) bond motifs is 3. The Hall–Kier alpha value is -1.55. The maximum Gasteiger partial charge on any atom is 0.344 e. The highest BCUT2D eigenvalue weighted by Gasteiger charge is 2.39. The maximum atomic E-state index is 11.8. The first-order valence-electron chi connectivity index (χ1n) is 7.02. The molecule has 3 fully saturated rings. The van der Waals surface area contributed by atoms with Gasteiger partial charge in [-0.25, -0.2) is 4.79 Å². The number of quaternary nitrogens is 1. The Labute approximate surface area is 113 Å². The number of carbonyl (C=O) groups excluding carboxylic acids is 1. The number of benzene rings is 1. The Morgan fingerprint density at radius 3 is 2.58 bits per heavy atom. The van der Waals surface area contributed by atoms with Crippen molar-refractivity contribution in [1.29, 1.82) is 0 Å². The molecule has 0 radical (unpaired) electrons. The fourth-order valence-electron chi connectivity index (χ4n) is 3.08. The van der Waals surface area contributed by atoms with E-state index in [1.165, 1.54) is 25.9 Å². The van der Waals surface area contributed by atoms with E-state index in [2.05, 4.69) is 0 Å². The van der Waals surface area contributed by atoms with Crippen LogP contribution in [0, 0.1) is 5.92 Å². The molecule has 0 aliphatic carbocycles. The van der Waals surface area contributed by atoms with Crippen LogP contribution in [0.25, 0.3) is 0 Å². The second-order valence-electron chi connectivity index (χ2n) is 5.42. The maximum absolute atomic E-state index is 11.8. The van der Waals surface area contributed by atoms with Crippen molar-refractivity contribution in [3.63, 3.8) is 0 Å². The zero-order chi connectivity index (χ0) is 13.1. The second-order valence-corrected chi connectivity index (χ2v) is 5.42. The lowest BCUT2D eigenvalue weighted by Gasteiger charge is -2.40. The minimum Gasteiger partial charge on any atom is -0.482 e. The highest BCUT2D eigenvalue weighted by Crippen LogP contribution is 2.21. The molecule has 19 heavy (non-hydrogen) atoms. The van der Waals surface area contributed by atoms with Gasteiger partial charge in [-0.1, -0.05) is 18.2 Å². The van der Waals surface area contributed by atoms with Gasteiger partial charge in [0.1, 0.15) is 12.3 Å². The highest BCUT2D eigenvalue weighted by atomic mass is 16.6. The molecule has 1 aromatic rings. The van der Waals surface area contributed by atoms with Crippen molar-refractivity contribution in [2.45, 2.75) is 18.9 Å². The predicted molar refractivity (Wildman–Crippen MR) is 70.1 cm³/mol. The molecule has 4 rings (SSSR count). The lowest BCUT2D eigenvalue weighted by Crippen LogP contribution is -3.16. The number of hydrogen-bond donors (Lipinski definition) is 1. The van der Waals surface area contributed by atoms with Crippen LogP contribution in [0.15, 0.2) is 30.3 Å². The molecular weight excluding hydrogens is 242 g/mol. The molecule has 3 aliphatic heterocycles. The van der Waals surface area contributed by atoms with Crippen LogP contribution in [0.3, 0.4) is 0 Å². The minimum absolute atomic E-state index is 0.00255. The Bertz CT molecular complexity index is 426. The molecule has 2 bridgehead atoms. The van der Waals surface area contributed by atoms with Gasteiger partial charge in [-0.3, -0.25) is 0 Å². The first-order valence-corrected chi connectivity index (χ1v) is 7.02. The van der Waals surface area contributed by atoms with Crippen LogP contribution in [0.1, 0.15) is 12.8 Å². The van der Waals surface area contributed by atoms with Gasteiger partial charge in [0.05, 0.1) is 13.1 Å². The van der Waals surface area contributed by atoms with Crippen molar-refractivity contribution < 1.29 is 19.2 Å². The zero-order valence-electron chi connectivity index (χ0n) is 11.0. The third-order valence-corrected chi connectivity index (χ3v) is 4.14. The third-order valence-electron chi connectivity index (χ3n) is 4.14. The normalized spacial score (nSPS) is 28.9. The van der Waals surface area contributed by atoms with Gasteiger partial charge in [0.15, 0.2) is 12.7 Å². The van der Waals surface area contributed by atoms with Crippen LogP contribution in [-0.2, 0) is 9.53 Å². The van der Waals surface area contributed by atoms with Crippen molar-refractivity contribution in [3.8, 4) is 5.75 Å². The molecule has 102 valence electrons. The average molecular weight is 262 g/mol. The standard InChI is InChI=1S/C15H19NO3/c17-15(11-18-13-4-2-1-3-5-13)19-14-10-16-8-6-12(14)7-9-16/h1-5,12,14H,6-11H2/p+1/t14-/m1/s1.